The average molecular weight is 311 g/mol. The van der Waals surface area contributed by atoms with Crippen molar-refractivity contribution in [3.05, 3.63) is 29.2 Å². The second-order valence-electron chi connectivity index (χ2n) is 6.76. The summed E-state index contributed by atoms with van der Waals surface area (Å²) < 4.78 is 1.83. The molecule has 1 atom stereocenters. The monoisotopic (exact) mass is 311 g/mol. The van der Waals surface area contributed by atoms with Crippen molar-refractivity contribution in [1.82, 2.24) is 25.2 Å². The zero-order valence-electron chi connectivity index (χ0n) is 12.6. The van der Waals surface area contributed by atoms with Gasteiger partial charge in [-0.25, -0.2) is 14.3 Å². The van der Waals surface area contributed by atoms with Crippen LogP contribution in [-0.4, -0.2) is 33.1 Å². The van der Waals surface area contributed by atoms with Crippen molar-refractivity contribution < 1.29 is 9.59 Å². The van der Waals surface area contributed by atoms with E-state index in [0.29, 0.717) is 17.5 Å². The third-order valence-electron chi connectivity index (χ3n) is 4.88. The quantitative estimate of drug-likeness (QED) is 0.897. The normalized spacial score (nSPS) is 24.6. The Bertz CT molecular complexity index is 834. The van der Waals surface area contributed by atoms with Gasteiger partial charge in [-0.2, -0.15) is 5.10 Å². The standard InChI is InChI=1S/C16H17N5O2/c22-15-11(6-17-16(23)19-15)12-5-10(8-1-2-8)14-18-13(9-3-4-9)7-21(14)20-12/h5,7-9,11H,1-4,6H2,(H2,17,19,22,23). The van der Waals surface area contributed by atoms with Gasteiger partial charge in [-0.15, -0.1) is 0 Å². The van der Waals surface area contributed by atoms with Gasteiger partial charge in [0.25, 0.3) is 0 Å². The van der Waals surface area contributed by atoms with E-state index in [2.05, 4.69) is 15.7 Å². The molecule has 2 aromatic heterocycles. The van der Waals surface area contributed by atoms with Crippen LogP contribution in [0.3, 0.4) is 0 Å². The maximum atomic E-state index is 12.1. The van der Waals surface area contributed by atoms with E-state index in [-0.39, 0.29) is 12.5 Å². The molecular weight excluding hydrogens is 294 g/mol. The molecule has 1 saturated heterocycles. The van der Waals surface area contributed by atoms with Gasteiger partial charge in [-0.05, 0) is 37.7 Å². The fraction of sp³-hybridized carbons (Fsp3) is 0.500. The summed E-state index contributed by atoms with van der Waals surface area (Å²) in [7, 11) is 0. The number of imide groups is 1. The van der Waals surface area contributed by atoms with Crippen molar-refractivity contribution in [2.24, 2.45) is 0 Å². The minimum absolute atomic E-state index is 0.287. The maximum absolute atomic E-state index is 12.1. The molecule has 2 N–H and O–H groups in total. The Balaban J connectivity index is 1.61. The van der Waals surface area contributed by atoms with Crippen molar-refractivity contribution in [3.63, 3.8) is 0 Å². The summed E-state index contributed by atoms with van der Waals surface area (Å²) in [5, 5.41) is 9.61. The number of hydrogen-bond donors (Lipinski definition) is 2. The van der Waals surface area contributed by atoms with Crippen molar-refractivity contribution in [2.75, 3.05) is 6.54 Å². The van der Waals surface area contributed by atoms with Gasteiger partial charge < -0.3 is 5.32 Å². The Hall–Kier alpha value is -2.44. The highest BCUT2D eigenvalue weighted by Crippen LogP contribution is 2.44. The lowest BCUT2D eigenvalue weighted by Gasteiger charge is -2.22. The maximum Gasteiger partial charge on any atom is 0.321 e. The Morgan fingerprint density at radius 1 is 1.09 bits per heavy atom. The molecule has 1 aliphatic heterocycles. The second kappa shape index (κ2) is 4.53. The molecule has 7 nitrogen and oxygen atoms in total. The predicted octanol–water partition coefficient (Wildman–Crippen LogP) is 1.41. The van der Waals surface area contributed by atoms with Crippen molar-refractivity contribution >= 4 is 17.6 Å². The highest BCUT2D eigenvalue weighted by atomic mass is 16.2. The van der Waals surface area contributed by atoms with Gasteiger partial charge in [-0.3, -0.25) is 10.1 Å². The molecule has 3 heterocycles. The number of imidazole rings is 1. The minimum Gasteiger partial charge on any atom is -0.337 e. The highest BCUT2D eigenvalue weighted by Gasteiger charge is 2.34. The van der Waals surface area contributed by atoms with E-state index in [1.807, 2.05) is 16.8 Å². The molecule has 3 amide bonds. The largest absolute Gasteiger partial charge is 0.337 e. The van der Waals surface area contributed by atoms with Crippen LogP contribution in [0.1, 0.15) is 60.4 Å². The van der Waals surface area contributed by atoms with Crippen LogP contribution in [0.15, 0.2) is 12.3 Å². The third kappa shape index (κ3) is 2.18. The summed E-state index contributed by atoms with van der Waals surface area (Å²) >= 11 is 0. The molecule has 3 fully saturated rings. The summed E-state index contributed by atoms with van der Waals surface area (Å²) in [5.74, 6) is 0.366. The van der Waals surface area contributed by atoms with Crippen LogP contribution >= 0.6 is 0 Å². The predicted molar refractivity (Wildman–Crippen MR) is 81.2 cm³/mol. The fourth-order valence-corrected chi connectivity index (χ4v) is 3.25. The Morgan fingerprint density at radius 3 is 2.57 bits per heavy atom. The number of carbonyl (C=O) groups is 2. The number of urea groups is 1. The smallest absolute Gasteiger partial charge is 0.321 e. The summed E-state index contributed by atoms with van der Waals surface area (Å²) in [6.45, 7) is 0.289. The van der Waals surface area contributed by atoms with E-state index < -0.39 is 11.9 Å². The number of nitrogens with one attached hydrogen (secondary N) is 2. The van der Waals surface area contributed by atoms with Crippen molar-refractivity contribution in [3.8, 4) is 0 Å². The first-order chi connectivity index (χ1) is 11.2. The lowest BCUT2D eigenvalue weighted by atomic mass is 10.0. The van der Waals surface area contributed by atoms with Gasteiger partial charge in [-0.1, -0.05) is 0 Å². The molecule has 2 saturated carbocycles. The number of hydrogen-bond acceptors (Lipinski definition) is 4. The minimum atomic E-state index is -0.443. The Morgan fingerprint density at radius 2 is 1.87 bits per heavy atom. The Labute approximate surface area is 132 Å². The summed E-state index contributed by atoms with van der Waals surface area (Å²) in [5.41, 5.74) is 3.93. The summed E-state index contributed by atoms with van der Waals surface area (Å²) in [6.07, 6.45) is 6.73. The molecule has 2 aromatic rings. The van der Waals surface area contributed by atoms with E-state index in [1.54, 1.807) is 0 Å². The number of rotatable bonds is 3. The van der Waals surface area contributed by atoms with Crippen LogP contribution in [0.2, 0.25) is 0 Å². The van der Waals surface area contributed by atoms with Gasteiger partial charge >= 0.3 is 6.03 Å². The first-order valence-electron chi connectivity index (χ1n) is 8.18. The molecule has 23 heavy (non-hydrogen) atoms. The van der Waals surface area contributed by atoms with E-state index in [4.69, 9.17) is 4.98 Å². The van der Waals surface area contributed by atoms with E-state index in [9.17, 15) is 9.59 Å². The molecule has 0 aromatic carbocycles. The molecule has 1 unspecified atom stereocenters. The topological polar surface area (TPSA) is 88.4 Å². The van der Waals surface area contributed by atoms with Gasteiger partial charge in [0.15, 0.2) is 5.65 Å². The first-order valence-corrected chi connectivity index (χ1v) is 8.18. The number of carbonyl (C=O) groups excluding carboxylic acids is 2. The van der Waals surface area contributed by atoms with E-state index in [1.165, 1.54) is 31.2 Å². The molecule has 0 radical (unpaired) electrons. The molecule has 3 aliphatic rings. The number of aromatic nitrogens is 3. The number of fused-ring (bicyclic) bond motifs is 1. The number of nitrogens with zero attached hydrogens (tertiary/aromatic N) is 3. The molecule has 0 bridgehead atoms. The zero-order chi connectivity index (χ0) is 15.6. The van der Waals surface area contributed by atoms with Gasteiger partial charge in [0.05, 0.1) is 23.5 Å². The second-order valence-corrected chi connectivity index (χ2v) is 6.76. The zero-order valence-corrected chi connectivity index (χ0v) is 12.6. The van der Waals surface area contributed by atoms with Crippen LogP contribution < -0.4 is 10.6 Å². The molecule has 0 spiro atoms. The van der Waals surface area contributed by atoms with Gasteiger partial charge in [0, 0.05) is 18.0 Å². The average Bonchev–Trinajstić information content (AvgIpc) is 3.42. The number of amides is 3. The van der Waals surface area contributed by atoms with Crippen LogP contribution in [0.5, 0.6) is 0 Å². The van der Waals surface area contributed by atoms with E-state index in [0.717, 1.165) is 11.3 Å². The Kier molecular flexibility index (Phi) is 2.57. The van der Waals surface area contributed by atoms with Crippen LogP contribution in [-0.2, 0) is 4.79 Å². The first kappa shape index (κ1) is 13.0. The fourth-order valence-electron chi connectivity index (χ4n) is 3.25. The summed E-state index contributed by atoms with van der Waals surface area (Å²) in [6, 6.07) is 1.58. The lowest BCUT2D eigenvalue weighted by molar-refractivity contribution is -0.122. The van der Waals surface area contributed by atoms with E-state index >= 15 is 0 Å². The lowest BCUT2D eigenvalue weighted by Crippen LogP contribution is -2.51. The molecule has 118 valence electrons. The highest BCUT2D eigenvalue weighted by molar-refractivity contribution is 6.00. The molecular formula is C16H17N5O2. The van der Waals surface area contributed by atoms with Crippen LogP contribution in [0.25, 0.3) is 5.65 Å². The van der Waals surface area contributed by atoms with Crippen LogP contribution in [0, 0.1) is 0 Å². The molecule has 5 rings (SSSR count). The summed E-state index contributed by atoms with van der Waals surface area (Å²) in [4.78, 5) is 28.2. The van der Waals surface area contributed by atoms with Gasteiger partial charge in [0.1, 0.15) is 0 Å². The SMILES string of the molecule is O=C1NCC(c2cc(C3CC3)c3nc(C4CC4)cn3n2)C(=O)N1. The van der Waals surface area contributed by atoms with Gasteiger partial charge in [0.2, 0.25) is 5.91 Å². The van der Waals surface area contributed by atoms with Crippen molar-refractivity contribution in [1.29, 1.82) is 0 Å². The van der Waals surface area contributed by atoms with Crippen LogP contribution in [0.4, 0.5) is 4.79 Å². The molecule has 7 heteroatoms. The van der Waals surface area contributed by atoms with Crippen molar-refractivity contribution in [2.45, 2.75) is 43.4 Å². The third-order valence-corrected chi connectivity index (χ3v) is 4.88. The molecule has 2 aliphatic carbocycles.